The molecule has 20 heavy (non-hydrogen) atoms. The highest BCUT2D eigenvalue weighted by Crippen LogP contribution is 2.31. The van der Waals surface area contributed by atoms with Gasteiger partial charge in [-0.25, -0.2) is 13.1 Å². The summed E-state index contributed by atoms with van der Waals surface area (Å²) in [5, 5.41) is 0. The molecular weight excluding hydrogens is 292 g/mol. The van der Waals surface area contributed by atoms with Crippen LogP contribution >= 0.6 is 11.8 Å². The van der Waals surface area contributed by atoms with Crippen LogP contribution in [0.25, 0.3) is 0 Å². The molecule has 2 rings (SSSR count). The molecule has 0 spiro atoms. The number of nitrogens with zero attached hydrogens (tertiary/aromatic N) is 1. The summed E-state index contributed by atoms with van der Waals surface area (Å²) in [5.74, 6) is 1.13. The number of hydrogen-bond acceptors (Lipinski definition) is 4. The first-order valence-electron chi connectivity index (χ1n) is 6.89. The molecule has 1 aliphatic heterocycles. The van der Waals surface area contributed by atoms with E-state index in [2.05, 4.69) is 4.72 Å². The van der Waals surface area contributed by atoms with Crippen LogP contribution in [0.5, 0.6) is 0 Å². The number of nitrogens with one attached hydrogen (secondary N) is 1. The van der Waals surface area contributed by atoms with Gasteiger partial charge in [0.15, 0.2) is 0 Å². The number of sulfonamides is 1. The van der Waals surface area contributed by atoms with E-state index in [1.807, 2.05) is 42.9 Å². The van der Waals surface area contributed by atoms with Crippen molar-refractivity contribution in [1.82, 2.24) is 9.62 Å². The molecule has 0 atom stereocenters. The zero-order valence-corrected chi connectivity index (χ0v) is 13.7. The largest absolute Gasteiger partial charge is 0.309 e. The fourth-order valence-corrected chi connectivity index (χ4v) is 4.33. The Hall–Kier alpha value is -0.560. The van der Waals surface area contributed by atoms with Crippen molar-refractivity contribution in [2.45, 2.75) is 29.1 Å². The third-order valence-corrected chi connectivity index (χ3v) is 5.93. The average molecular weight is 314 g/mol. The van der Waals surface area contributed by atoms with E-state index in [1.165, 1.54) is 4.90 Å². The summed E-state index contributed by atoms with van der Waals surface area (Å²) in [4.78, 5) is 3.66. The summed E-state index contributed by atoms with van der Waals surface area (Å²) in [5.41, 5.74) is 1.16. The van der Waals surface area contributed by atoms with Crippen molar-refractivity contribution in [3.05, 3.63) is 23.8 Å². The lowest BCUT2D eigenvalue weighted by Crippen LogP contribution is -2.27. The number of hydrogen-bond donors (Lipinski definition) is 1. The second-order valence-corrected chi connectivity index (χ2v) is 8.18. The van der Waals surface area contributed by atoms with Crippen molar-refractivity contribution in [3.63, 3.8) is 0 Å². The smallest absolute Gasteiger partial charge is 0.240 e. The minimum Gasteiger partial charge on any atom is -0.309 e. The normalized spacial score (nSPS) is 15.3. The van der Waals surface area contributed by atoms with Crippen LogP contribution in [0, 0.1) is 0 Å². The number of rotatable bonds is 6. The van der Waals surface area contributed by atoms with Crippen LogP contribution in [0.2, 0.25) is 0 Å². The van der Waals surface area contributed by atoms with Crippen LogP contribution in [0.1, 0.15) is 18.4 Å². The molecular formula is C14H22N2O2S2. The minimum absolute atomic E-state index is 0.392. The molecule has 0 unspecified atom stereocenters. The van der Waals surface area contributed by atoms with Gasteiger partial charge >= 0.3 is 0 Å². The summed E-state index contributed by atoms with van der Waals surface area (Å²) >= 11 is 1.81. The first-order chi connectivity index (χ1) is 9.49. The van der Waals surface area contributed by atoms with Gasteiger partial charge in [-0.15, -0.1) is 11.8 Å². The van der Waals surface area contributed by atoms with E-state index < -0.39 is 10.0 Å². The Labute approximate surface area is 126 Å². The maximum absolute atomic E-state index is 12.2. The molecule has 1 aromatic rings. The Bertz CT molecular complexity index is 556. The molecule has 0 aliphatic carbocycles. The first kappa shape index (κ1) is 15.8. The van der Waals surface area contributed by atoms with Crippen LogP contribution in [-0.2, 0) is 16.4 Å². The van der Waals surface area contributed by atoms with E-state index in [0.717, 1.165) is 37.1 Å². The van der Waals surface area contributed by atoms with Crippen molar-refractivity contribution >= 4 is 21.8 Å². The van der Waals surface area contributed by atoms with Gasteiger partial charge in [-0.05, 0) is 69.4 Å². The van der Waals surface area contributed by atoms with Crippen LogP contribution < -0.4 is 4.72 Å². The summed E-state index contributed by atoms with van der Waals surface area (Å²) < 4.78 is 27.1. The lowest BCUT2D eigenvalue weighted by molar-refractivity contribution is 0.400. The first-order valence-corrected chi connectivity index (χ1v) is 9.36. The summed E-state index contributed by atoms with van der Waals surface area (Å²) in [7, 11) is 0.594. The molecule has 0 radical (unpaired) electrons. The predicted octanol–water partition coefficient (Wildman–Crippen LogP) is 1.95. The molecule has 6 heteroatoms. The fourth-order valence-electron chi connectivity index (χ4n) is 2.19. The Morgan fingerprint density at radius 2 is 2.15 bits per heavy atom. The molecule has 1 aromatic carbocycles. The highest BCUT2D eigenvalue weighted by atomic mass is 32.2. The van der Waals surface area contributed by atoms with Gasteiger partial charge < -0.3 is 4.90 Å². The molecule has 1 heterocycles. The van der Waals surface area contributed by atoms with Crippen LogP contribution in [0.15, 0.2) is 28.0 Å². The van der Waals surface area contributed by atoms with E-state index in [0.29, 0.717) is 11.4 Å². The molecule has 0 bridgehead atoms. The Kier molecular flexibility index (Phi) is 5.49. The quantitative estimate of drug-likeness (QED) is 0.816. The van der Waals surface area contributed by atoms with Gasteiger partial charge in [0, 0.05) is 11.4 Å². The van der Waals surface area contributed by atoms with Gasteiger partial charge in [0.05, 0.1) is 4.90 Å². The Balaban J connectivity index is 2.02. The molecule has 112 valence electrons. The van der Waals surface area contributed by atoms with Crippen molar-refractivity contribution in [1.29, 1.82) is 0 Å². The summed E-state index contributed by atoms with van der Waals surface area (Å²) in [6, 6.07) is 5.48. The molecule has 0 amide bonds. The lowest BCUT2D eigenvalue weighted by Gasteiger charge is -2.16. The van der Waals surface area contributed by atoms with Crippen molar-refractivity contribution in [2.24, 2.45) is 0 Å². The molecule has 1 aliphatic rings. The van der Waals surface area contributed by atoms with Gasteiger partial charge in [-0.2, -0.15) is 0 Å². The average Bonchev–Trinajstić information content (AvgIpc) is 2.43. The number of fused-ring (bicyclic) bond motifs is 1. The van der Waals surface area contributed by atoms with Gasteiger partial charge in [-0.1, -0.05) is 0 Å². The fraction of sp³-hybridized carbons (Fsp3) is 0.571. The Morgan fingerprint density at radius 3 is 2.90 bits per heavy atom. The molecule has 0 saturated heterocycles. The van der Waals surface area contributed by atoms with Gasteiger partial charge in [0.1, 0.15) is 0 Å². The zero-order chi connectivity index (χ0) is 14.6. The van der Waals surface area contributed by atoms with E-state index in [9.17, 15) is 8.42 Å². The maximum Gasteiger partial charge on any atom is 0.240 e. The van der Waals surface area contributed by atoms with E-state index in [-0.39, 0.29) is 0 Å². The van der Waals surface area contributed by atoms with Gasteiger partial charge in [0.25, 0.3) is 0 Å². The molecule has 0 fully saturated rings. The molecule has 0 aromatic heterocycles. The summed E-state index contributed by atoms with van der Waals surface area (Å²) in [6.45, 7) is 1.36. The van der Waals surface area contributed by atoms with Crippen LogP contribution in [-0.4, -0.2) is 46.3 Å². The van der Waals surface area contributed by atoms with E-state index in [4.69, 9.17) is 0 Å². The standard InChI is InChI=1S/C14H22N2O2S2/c1-16(2)9-4-8-15-20(17,18)13-6-7-14-12(11-13)5-3-10-19-14/h6-7,11,15H,3-5,8-10H2,1-2H3. The number of thioether (sulfide) groups is 1. The Morgan fingerprint density at radius 1 is 1.35 bits per heavy atom. The van der Waals surface area contributed by atoms with Gasteiger partial charge in [-0.3, -0.25) is 0 Å². The minimum atomic E-state index is -3.37. The van der Waals surface area contributed by atoms with Crippen LogP contribution in [0.4, 0.5) is 0 Å². The molecule has 0 saturated carbocycles. The lowest BCUT2D eigenvalue weighted by atomic mass is 10.1. The zero-order valence-electron chi connectivity index (χ0n) is 12.1. The van der Waals surface area contributed by atoms with E-state index in [1.54, 1.807) is 6.07 Å². The van der Waals surface area contributed by atoms with E-state index >= 15 is 0 Å². The van der Waals surface area contributed by atoms with Crippen molar-refractivity contribution in [2.75, 3.05) is 32.9 Å². The second-order valence-electron chi connectivity index (χ2n) is 5.28. The third-order valence-electron chi connectivity index (χ3n) is 3.26. The number of benzene rings is 1. The maximum atomic E-state index is 12.2. The topological polar surface area (TPSA) is 49.4 Å². The third kappa shape index (κ3) is 4.22. The number of aryl methyl sites for hydroxylation is 1. The highest BCUT2D eigenvalue weighted by Gasteiger charge is 2.17. The SMILES string of the molecule is CN(C)CCCNS(=O)(=O)c1ccc2c(c1)CCCS2. The van der Waals surface area contributed by atoms with Crippen LogP contribution in [0.3, 0.4) is 0 Å². The van der Waals surface area contributed by atoms with Crippen molar-refractivity contribution in [3.8, 4) is 0 Å². The summed E-state index contributed by atoms with van der Waals surface area (Å²) in [6.07, 6.45) is 2.91. The van der Waals surface area contributed by atoms with Gasteiger partial charge in [0.2, 0.25) is 10.0 Å². The monoisotopic (exact) mass is 314 g/mol. The predicted molar refractivity (Wildman–Crippen MR) is 83.8 cm³/mol. The highest BCUT2D eigenvalue weighted by molar-refractivity contribution is 7.99. The van der Waals surface area contributed by atoms with Crippen molar-refractivity contribution < 1.29 is 8.42 Å². The molecule has 1 N–H and O–H groups in total. The molecule has 4 nitrogen and oxygen atoms in total. The second kappa shape index (κ2) is 6.93.